The number of carbonyl (C=O) groups excluding carboxylic acids is 4. The van der Waals surface area contributed by atoms with E-state index in [1.54, 1.807) is 12.2 Å². The summed E-state index contributed by atoms with van der Waals surface area (Å²) in [6, 6.07) is 7.70. The molecule has 37 heavy (non-hydrogen) atoms. The number of hydrazone groups is 1. The van der Waals surface area contributed by atoms with Crippen LogP contribution < -0.4 is 14.4 Å². The van der Waals surface area contributed by atoms with Crippen LogP contribution >= 0.6 is 0 Å². The van der Waals surface area contributed by atoms with E-state index in [2.05, 4.69) is 5.10 Å². The Morgan fingerprint density at radius 2 is 1.76 bits per heavy atom. The van der Waals surface area contributed by atoms with Crippen molar-refractivity contribution < 1.29 is 33.6 Å². The van der Waals surface area contributed by atoms with Crippen LogP contribution in [0.1, 0.15) is 17.3 Å². The summed E-state index contributed by atoms with van der Waals surface area (Å²) in [5.41, 5.74) is -0.151. The molecular formula is C25H20N4O8. The second-order valence-electron chi connectivity index (χ2n) is 8.62. The first kappa shape index (κ1) is 23.9. The van der Waals surface area contributed by atoms with E-state index in [1.165, 1.54) is 61.7 Å². The zero-order chi connectivity index (χ0) is 26.4. The molecule has 0 aromatic heterocycles. The number of Topliss-reactive ketones (excluding diaryl/α,β-unsaturated/α-hetero) is 1. The van der Waals surface area contributed by atoms with Crippen molar-refractivity contribution in [2.24, 2.45) is 16.9 Å². The molecule has 2 fully saturated rings. The highest BCUT2D eigenvalue weighted by Gasteiger charge is 2.64. The SMILES string of the molecule is COc1ccc([N+](=O)[O-])cc1N1C(=O)[C@@H]2[C@H](C1=O)[C@@H](C(=O)c1ccc(OC(C)=O)cc1)N1N=CC=C[C@@H]21. The molecule has 4 atom stereocenters. The van der Waals surface area contributed by atoms with Crippen molar-refractivity contribution in [2.75, 3.05) is 12.0 Å². The summed E-state index contributed by atoms with van der Waals surface area (Å²) >= 11 is 0. The summed E-state index contributed by atoms with van der Waals surface area (Å²) in [6.07, 6.45) is 4.80. The molecule has 12 heteroatoms. The Morgan fingerprint density at radius 1 is 1.05 bits per heavy atom. The lowest BCUT2D eigenvalue weighted by Gasteiger charge is -2.30. The van der Waals surface area contributed by atoms with Crippen LogP contribution in [0.2, 0.25) is 0 Å². The maximum atomic E-state index is 13.8. The first-order valence-corrected chi connectivity index (χ1v) is 11.2. The molecule has 2 amide bonds. The van der Waals surface area contributed by atoms with Gasteiger partial charge in [-0.1, -0.05) is 6.08 Å². The number of benzene rings is 2. The van der Waals surface area contributed by atoms with Crippen LogP contribution in [0, 0.1) is 22.0 Å². The summed E-state index contributed by atoms with van der Waals surface area (Å²) in [6.45, 7) is 1.25. The number of allylic oxidation sites excluding steroid dienone is 1. The third-order valence-corrected chi connectivity index (χ3v) is 6.57. The minimum Gasteiger partial charge on any atom is -0.495 e. The zero-order valence-electron chi connectivity index (χ0n) is 19.6. The fraction of sp³-hybridized carbons (Fsp3) is 0.240. The summed E-state index contributed by atoms with van der Waals surface area (Å²) in [5.74, 6) is -3.93. The molecule has 3 aliphatic heterocycles. The first-order chi connectivity index (χ1) is 17.7. The average Bonchev–Trinajstić information content (AvgIpc) is 3.35. The highest BCUT2D eigenvalue weighted by molar-refractivity contribution is 6.25. The van der Waals surface area contributed by atoms with Crippen LogP contribution in [-0.4, -0.2) is 58.9 Å². The number of anilines is 1. The summed E-state index contributed by atoms with van der Waals surface area (Å²) in [4.78, 5) is 63.9. The van der Waals surface area contributed by atoms with Crippen LogP contribution in [0.15, 0.2) is 59.7 Å². The Hall–Kier alpha value is -4.87. The third kappa shape index (κ3) is 3.82. The van der Waals surface area contributed by atoms with Crippen molar-refractivity contribution >= 4 is 41.2 Å². The van der Waals surface area contributed by atoms with Crippen LogP contribution in [-0.2, 0) is 14.4 Å². The van der Waals surface area contributed by atoms with Gasteiger partial charge in [0.15, 0.2) is 5.78 Å². The lowest BCUT2D eigenvalue weighted by atomic mass is 9.86. The number of fused-ring (bicyclic) bond motifs is 3. The van der Waals surface area contributed by atoms with Crippen molar-refractivity contribution in [2.45, 2.75) is 19.0 Å². The van der Waals surface area contributed by atoms with E-state index >= 15 is 0 Å². The summed E-state index contributed by atoms with van der Waals surface area (Å²) in [7, 11) is 1.32. The number of esters is 1. The van der Waals surface area contributed by atoms with Gasteiger partial charge in [0, 0.05) is 30.8 Å². The number of amides is 2. The smallest absolute Gasteiger partial charge is 0.308 e. The molecule has 0 spiro atoms. The highest BCUT2D eigenvalue weighted by atomic mass is 16.6. The normalized spacial score (nSPS) is 23.6. The van der Waals surface area contributed by atoms with Crippen LogP contribution in [0.25, 0.3) is 0 Å². The fourth-order valence-electron chi connectivity index (χ4n) is 5.07. The van der Waals surface area contributed by atoms with E-state index in [4.69, 9.17) is 9.47 Å². The highest BCUT2D eigenvalue weighted by Crippen LogP contribution is 2.48. The van der Waals surface area contributed by atoms with E-state index in [0.29, 0.717) is 0 Å². The third-order valence-electron chi connectivity index (χ3n) is 6.57. The lowest BCUT2D eigenvalue weighted by molar-refractivity contribution is -0.384. The van der Waals surface area contributed by atoms with Gasteiger partial charge in [0.1, 0.15) is 23.2 Å². The minimum atomic E-state index is -1.11. The number of rotatable bonds is 6. The maximum Gasteiger partial charge on any atom is 0.308 e. The molecule has 3 heterocycles. The lowest BCUT2D eigenvalue weighted by Crippen LogP contribution is -2.46. The molecule has 0 saturated carbocycles. The van der Waals surface area contributed by atoms with E-state index in [1.807, 2.05) is 0 Å². The number of nitro groups is 1. The number of hydrogen-bond acceptors (Lipinski definition) is 10. The molecule has 188 valence electrons. The Morgan fingerprint density at radius 3 is 2.41 bits per heavy atom. The molecule has 0 radical (unpaired) electrons. The van der Waals surface area contributed by atoms with Gasteiger partial charge < -0.3 is 9.47 Å². The van der Waals surface area contributed by atoms with Crippen molar-refractivity contribution in [1.82, 2.24) is 5.01 Å². The fourth-order valence-corrected chi connectivity index (χ4v) is 5.07. The molecule has 12 nitrogen and oxygen atoms in total. The van der Waals surface area contributed by atoms with E-state index < -0.39 is 52.4 Å². The standard InChI is InChI=1S/C25H20N4O8/c1-13(30)37-16-8-5-14(6-9-16)23(31)22-21-20(17-4-3-11-26-28(17)22)24(32)27(25(21)33)18-12-15(29(34)35)7-10-19(18)36-2/h3-12,17,20-22H,1-2H3/t17-,20-,21-,22-/m0/s1. The van der Waals surface area contributed by atoms with Gasteiger partial charge in [-0.3, -0.25) is 34.3 Å². The molecule has 0 aliphatic carbocycles. The average molecular weight is 504 g/mol. The molecule has 2 aromatic rings. The molecule has 2 saturated heterocycles. The number of nitrogens with zero attached hydrogens (tertiary/aromatic N) is 4. The topological polar surface area (TPSA) is 149 Å². The molecular weight excluding hydrogens is 484 g/mol. The molecule has 5 rings (SSSR count). The number of ketones is 1. The van der Waals surface area contributed by atoms with Gasteiger partial charge in [0.2, 0.25) is 11.8 Å². The number of hydrogen-bond donors (Lipinski definition) is 0. The minimum absolute atomic E-state index is 0.0622. The zero-order valence-corrected chi connectivity index (χ0v) is 19.6. The van der Waals surface area contributed by atoms with Gasteiger partial charge in [-0.2, -0.15) is 5.10 Å². The van der Waals surface area contributed by atoms with Gasteiger partial charge in [0.05, 0.1) is 29.9 Å². The van der Waals surface area contributed by atoms with E-state index in [9.17, 15) is 29.3 Å². The van der Waals surface area contributed by atoms with Crippen LogP contribution in [0.4, 0.5) is 11.4 Å². The predicted octanol–water partition coefficient (Wildman–Crippen LogP) is 2.13. The molecule has 0 N–H and O–H groups in total. The number of carbonyl (C=O) groups is 4. The molecule has 2 aromatic carbocycles. The van der Waals surface area contributed by atoms with Gasteiger partial charge in [0.25, 0.3) is 5.69 Å². The first-order valence-electron chi connectivity index (χ1n) is 11.2. The number of nitro benzene ring substituents is 1. The Kier molecular flexibility index (Phi) is 5.78. The summed E-state index contributed by atoms with van der Waals surface area (Å²) < 4.78 is 10.3. The van der Waals surface area contributed by atoms with Gasteiger partial charge in [-0.15, -0.1) is 0 Å². The van der Waals surface area contributed by atoms with Gasteiger partial charge in [-0.25, -0.2) is 4.90 Å². The number of ether oxygens (including phenoxy) is 2. The van der Waals surface area contributed by atoms with Crippen LogP contribution in [0.3, 0.4) is 0 Å². The number of methoxy groups -OCH3 is 1. The van der Waals surface area contributed by atoms with Gasteiger partial charge in [-0.05, 0) is 36.4 Å². The molecule has 0 bridgehead atoms. The number of non-ortho nitro benzene ring substituents is 1. The number of imide groups is 1. The van der Waals surface area contributed by atoms with Crippen molar-refractivity contribution in [3.05, 3.63) is 70.3 Å². The Bertz CT molecular complexity index is 1400. The Labute approximate surface area is 209 Å². The Balaban J connectivity index is 1.55. The van der Waals surface area contributed by atoms with Crippen molar-refractivity contribution in [3.63, 3.8) is 0 Å². The second kappa shape index (κ2) is 8.97. The van der Waals surface area contributed by atoms with Crippen molar-refractivity contribution in [3.8, 4) is 11.5 Å². The predicted molar refractivity (Wildman–Crippen MR) is 128 cm³/mol. The largest absolute Gasteiger partial charge is 0.495 e. The van der Waals surface area contributed by atoms with E-state index in [-0.39, 0.29) is 28.4 Å². The monoisotopic (exact) mass is 504 g/mol. The van der Waals surface area contributed by atoms with Crippen LogP contribution in [0.5, 0.6) is 11.5 Å². The maximum absolute atomic E-state index is 13.8. The van der Waals surface area contributed by atoms with Gasteiger partial charge >= 0.3 is 5.97 Å². The summed E-state index contributed by atoms with van der Waals surface area (Å²) in [5, 5.41) is 17.1. The molecule has 3 aliphatic rings. The van der Waals surface area contributed by atoms with Crippen molar-refractivity contribution in [1.29, 1.82) is 0 Å². The van der Waals surface area contributed by atoms with E-state index in [0.717, 1.165) is 11.0 Å². The quantitative estimate of drug-likeness (QED) is 0.144. The molecule has 0 unspecified atom stereocenters. The second-order valence-corrected chi connectivity index (χ2v) is 8.62.